The van der Waals surface area contributed by atoms with Gasteiger partial charge < -0.3 is 20.6 Å². The summed E-state index contributed by atoms with van der Waals surface area (Å²) in [6.07, 6.45) is 4.83. The molecule has 5 nitrogen and oxygen atoms in total. The second-order valence-corrected chi connectivity index (χ2v) is 7.20. The number of carbonyl (C=O) groups is 1. The molecule has 0 aromatic rings. The lowest BCUT2D eigenvalue weighted by Gasteiger charge is -2.30. The highest BCUT2D eigenvalue weighted by molar-refractivity contribution is 5.73. The van der Waals surface area contributed by atoms with Crippen LogP contribution < -0.4 is 10.6 Å². The van der Waals surface area contributed by atoms with Gasteiger partial charge in [-0.1, -0.05) is 33.6 Å². The molecule has 1 aliphatic heterocycles. The van der Waals surface area contributed by atoms with Gasteiger partial charge in [0.2, 0.25) is 0 Å². The zero-order chi connectivity index (χ0) is 16.6. The van der Waals surface area contributed by atoms with Crippen molar-refractivity contribution >= 4 is 6.03 Å². The van der Waals surface area contributed by atoms with Gasteiger partial charge in [0.25, 0.3) is 0 Å². The maximum atomic E-state index is 11.9. The minimum Gasteiger partial charge on any atom is -0.388 e. The summed E-state index contributed by atoms with van der Waals surface area (Å²) in [7, 11) is 0. The highest BCUT2D eigenvalue weighted by Gasteiger charge is 2.27. The third-order valence-electron chi connectivity index (χ3n) is 4.91. The van der Waals surface area contributed by atoms with Crippen LogP contribution in [0, 0.1) is 11.8 Å². The molecule has 0 bridgehead atoms. The lowest BCUT2D eigenvalue weighted by atomic mass is 9.89. The summed E-state index contributed by atoms with van der Waals surface area (Å²) >= 11 is 0. The van der Waals surface area contributed by atoms with Crippen molar-refractivity contribution in [2.24, 2.45) is 11.8 Å². The molecule has 0 aliphatic carbocycles. The Kier molecular flexibility index (Phi) is 8.18. The summed E-state index contributed by atoms with van der Waals surface area (Å²) in [5.41, 5.74) is -0.856. The van der Waals surface area contributed by atoms with Crippen molar-refractivity contribution in [3.63, 3.8) is 0 Å². The fourth-order valence-corrected chi connectivity index (χ4v) is 2.85. The second-order valence-electron chi connectivity index (χ2n) is 7.20. The van der Waals surface area contributed by atoms with Gasteiger partial charge in [0.05, 0.1) is 5.60 Å². The number of likely N-dealkylation sites (tertiary alicyclic amines) is 1. The Bertz CT molecular complexity index is 328. The number of hydrogen-bond donors (Lipinski definition) is 3. The van der Waals surface area contributed by atoms with Gasteiger partial charge in [-0.3, -0.25) is 0 Å². The number of nitrogens with zero attached hydrogens (tertiary/aromatic N) is 1. The van der Waals surface area contributed by atoms with Gasteiger partial charge >= 0.3 is 6.03 Å². The first-order valence-electron chi connectivity index (χ1n) is 8.81. The van der Waals surface area contributed by atoms with Crippen LogP contribution >= 0.6 is 0 Å². The number of rotatable bonds is 8. The molecule has 3 atom stereocenters. The van der Waals surface area contributed by atoms with Crippen molar-refractivity contribution in [2.75, 3.05) is 32.7 Å². The van der Waals surface area contributed by atoms with E-state index in [4.69, 9.17) is 0 Å². The van der Waals surface area contributed by atoms with Gasteiger partial charge in [-0.25, -0.2) is 4.79 Å². The lowest BCUT2D eigenvalue weighted by Crippen LogP contribution is -2.49. The molecule has 5 heteroatoms. The summed E-state index contributed by atoms with van der Waals surface area (Å²) in [6, 6.07) is -0.186. The van der Waals surface area contributed by atoms with Crippen LogP contribution in [0.4, 0.5) is 4.79 Å². The Morgan fingerprint density at radius 1 is 1.23 bits per heavy atom. The molecule has 1 rings (SSSR count). The van der Waals surface area contributed by atoms with E-state index >= 15 is 0 Å². The standard InChI is InChI=1S/C17H35N3O2/c1-5-15(3)17(4,22)13-19-16(21)18-11-14(2)12-20-9-7-6-8-10-20/h14-15,22H,5-13H2,1-4H3,(H2,18,19,21). The highest BCUT2D eigenvalue weighted by Crippen LogP contribution is 2.18. The van der Waals surface area contributed by atoms with Crippen LogP contribution in [0.2, 0.25) is 0 Å². The zero-order valence-electron chi connectivity index (χ0n) is 14.8. The molecule has 0 aromatic heterocycles. The number of aliphatic hydroxyl groups is 1. The normalized spacial score (nSPS) is 21.7. The van der Waals surface area contributed by atoms with Crippen molar-refractivity contribution in [2.45, 2.75) is 59.0 Å². The predicted octanol–water partition coefficient (Wildman–Crippen LogP) is 2.20. The Morgan fingerprint density at radius 2 is 1.86 bits per heavy atom. The first kappa shape index (κ1) is 19.2. The summed E-state index contributed by atoms with van der Waals surface area (Å²) in [5.74, 6) is 0.602. The molecule has 1 aliphatic rings. The van der Waals surface area contributed by atoms with E-state index in [2.05, 4.69) is 22.5 Å². The molecule has 130 valence electrons. The monoisotopic (exact) mass is 313 g/mol. The van der Waals surface area contributed by atoms with E-state index in [9.17, 15) is 9.90 Å². The van der Waals surface area contributed by atoms with Gasteiger partial charge in [0.15, 0.2) is 0 Å². The van der Waals surface area contributed by atoms with Gasteiger partial charge in [0.1, 0.15) is 0 Å². The van der Waals surface area contributed by atoms with Crippen molar-refractivity contribution in [3.05, 3.63) is 0 Å². The van der Waals surface area contributed by atoms with E-state index in [0.29, 0.717) is 12.5 Å². The Hall–Kier alpha value is -0.810. The van der Waals surface area contributed by atoms with E-state index in [1.54, 1.807) is 6.92 Å². The van der Waals surface area contributed by atoms with Crippen molar-refractivity contribution < 1.29 is 9.90 Å². The third-order valence-corrected chi connectivity index (χ3v) is 4.91. The molecule has 22 heavy (non-hydrogen) atoms. The Labute approximate surface area is 135 Å². The van der Waals surface area contributed by atoms with Crippen molar-refractivity contribution in [1.82, 2.24) is 15.5 Å². The summed E-state index contributed by atoms with van der Waals surface area (Å²) in [4.78, 5) is 14.3. The molecule has 0 saturated carbocycles. The van der Waals surface area contributed by atoms with Crippen molar-refractivity contribution in [3.8, 4) is 0 Å². The molecule has 1 heterocycles. The fourth-order valence-electron chi connectivity index (χ4n) is 2.85. The smallest absolute Gasteiger partial charge is 0.314 e. The minimum atomic E-state index is -0.856. The van der Waals surface area contributed by atoms with Gasteiger partial charge in [-0.05, 0) is 44.7 Å². The van der Waals surface area contributed by atoms with Gasteiger partial charge in [-0.2, -0.15) is 0 Å². The first-order valence-corrected chi connectivity index (χ1v) is 8.81. The maximum Gasteiger partial charge on any atom is 0.314 e. The molecular weight excluding hydrogens is 278 g/mol. The average molecular weight is 313 g/mol. The topological polar surface area (TPSA) is 64.6 Å². The summed E-state index contributed by atoms with van der Waals surface area (Å²) < 4.78 is 0. The molecule has 3 unspecified atom stereocenters. The number of amides is 2. The molecule has 0 spiro atoms. The fraction of sp³-hybridized carbons (Fsp3) is 0.941. The van der Waals surface area contributed by atoms with E-state index in [-0.39, 0.29) is 18.5 Å². The number of piperidine rings is 1. The number of carbonyl (C=O) groups excluding carboxylic acids is 1. The Morgan fingerprint density at radius 3 is 2.45 bits per heavy atom. The van der Waals surface area contributed by atoms with Crippen LogP contribution in [0.15, 0.2) is 0 Å². The van der Waals surface area contributed by atoms with Gasteiger partial charge in [-0.15, -0.1) is 0 Å². The molecule has 1 saturated heterocycles. The van der Waals surface area contributed by atoms with Crippen LogP contribution in [0.3, 0.4) is 0 Å². The number of urea groups is 1. The number of nitrogens with one attached hydrogen (secondary N) is 2. The Balaban J connectivity index is 2.19. The van der Waals surface area contributed by atoms with Gasteiger partial charge in [0, 0.05) is 19.6 Å². The van der Waals surface area contributed by atoms with E-state index in [0.717, 1.165) is 13.0 Å². The largest absolute Gasteiger partial charge is 0.388 e. The predicted molar refractivity (Wildman–Crippen MR) is 90.9 cm³/mol. The molecule has 0 aromatic carbocycles. The molecule has 3 N–H and O–H groups in total. The molecule has 2 amide bonds. The summed E-state index contributed by atoms with van der Waals surface area (Å²) in [5, 5.41) is 16.0. The zero-order valence-corrected chi connectivity index (χ0v) is 14.8. The van der Waals surface area contributed by atoms with Crippen LogP contribution in [-0.4, -0.2) is 54.4 Å². The van der Waals surface area contributed by atoms with Crippen LogP contribution in [0.25, 0.3) is 0 Å². The first-order chi connectivity index (χ1) is 10.3. The van der Waals surface area contributed by atoms with Crippen molar-refractivity contribution in [1.29, 1.82) is 0 Å². The minimum absolute atomic E-state index is 0.158. The van der Waals surface area contributed by atoms with Crippen LogP contribution in [-0.2, 0) is 0 Å². The van der Waals surface area contributed by atoms with E-state index < -0.39 is 5.60 Å². The number of hydrogen-bond acceptors (Lipinski definition) is 3. The molecule has 1 fully saturated rings. The average Bonchev–Trinajstić information content (AvgIpc) is 2.51. The van der Waals surface area contributed by atoms with Crippen LogP contribution in [0.5, 0.6) is 0 Å². The third kappa shape index (κ3) is 6.97. The molecular formula is C17H35N3O2. The van der Waals surface area contributed by atoms with Crippen LogP contribution in [0.1, 0.15) is 53.4 Å². The quantitative estimate of drug-likeness (QED) is 0.644. The van der Waals surface area contributed by atoms with E-state index in [1.807, 2.05) is 13.8 Å². The molecule has 0 radical (unpaired) electrons. The highest BCUT2D eigenvalue weighted by atomic mass is 16.3. The SMILES string of the molecule is CCC(C)C(C)(O)CNC(=O)NCC(C)CN1CCCCC1. The maximum absolute atomic E-state index is 11.9. The second kappa shape index (κ2) is 9.36. The lowest BCUT2D eigenvalue weighted by molar-refractivity contribution is 0.00789. The summed E-state index contributed by atoms with van der Waals surface area (Å²) in [6.45, 7) is 12.4. The van der Waals surface area contributed by atoms with E-state index in [1.165, 1.54) is 32.4 Å².